The van der Waals surface area contributed by atoms with Crippen molar-refractivity contribution in [2.75, 3.05) is 35.4 Å². The minimum absolute atomic E-state index is 0.0771. The first-order chi connectivity index (χ1) is 16.9. The van der Waals surface area contributed by atoms with E-state index in [9.17, 15) is 14.7 Å². The number of aryl methyl sites for hydroxylation is 1. The van der Waals surface area contributed by atoms with Gasteiger partial charge < -0.3 is 14.9 Å². The van der Waals surface area contributed by atoms with Crippen LogP contribution in [0.25, 0.3) is 6.08 Å². The van der Waals surface area contributed by atoms with E-state index < -0.39 is 11.9 Å². The number of carbonyl (C=O) groups is 2. The van der Waals surface area contributed by atoms with Gasteiger partial charge in [0, 0.05) is 37.7 Å². The average molecular weight is 467 g/mol. The number of nitrogens with zero attached hydrogens (tertiary/aromatic N) is 4. The van der Waals surface area contributed by atoms with Gasteiger partial charge in [-0.15, -0.1) is 0 Å². The molecule has 7 nitrogen and oxygen atoms in total. The van der Waals surface area contributed by atoms with Crippen LogP contribution in [0.1, 0.15) is 17.5 Å². The Bertz CT molecular complexity index is 1340. The van der Waals surface area contributed by atoms with E-state index in [2.05, 4.69) is 39.2 Å². The lowest BCUT2D eigenvalue weighted by atomic mass is 9.97. The van der Waals surface area contributed by atoms with Crippen molar-refractivity contribution < 1.29 is 14.7 Å². The number of carbonyl (C=O) groups excluding carboxylic acids is 1. The van der Waals surface area contributed by atoms with Crippen LogP contribution in [0.4, 0.5) is 22.7 Å². The van der Waals surface area contributed by atoms with E-state index in [-0.39, 0.29) is 11.3 Å². The second-order valence-corrected chi connectivity index (χ2v) is 8.82. The third-order valence-corrected chi connectivity index (χ3v) is 6.29. The maximum absolute atomic E-state index is 13.1. The van der Waals surface area contributed by atoms with Crippen LogP contribution in [0.2, 0.25) is 0 Å². The molecule has 35 heavy (non-hydrogen) atoms. The largest absolute Gasteiger partial charge is 0.476 e. The summed E-state index contributed by atoms with van der Waals surface area (Å²) >= 11 is 0. The first kappa shape index (κ1) is 22.4. The summed E-state index contributed by atoms with van der Waals surface area (Å²) in [5, 5.41) is 14.9. The Morgan fingerprint density at radius 1 is 1.00 bits per heavy atom. The molecule has 2 aliphatic rings. The predicted octanol–water partition coefficient (Wildman–Crippen LogP) is 4.71. The van der Waals surface area contributed by atoms with Gasteiger partial charge >= 0.3 is 5.97 Å². The average Bonchev–Trinajstić information content (AvgIpc) is 3.20. The Morgan fingerprint density at radius 3 is 2.43 bits per heavy atom. The Labute approximate surface area is 204 Å². The molecule has 7 heteroatoms. The number of carboxylic acids is 1. The molecule has 0 atom stereocenters. The van der Waals surface area contributed by atoms with Gasteiger partial charge in [-0.25, -0.2) is 4.79 Å². The molecular weight excluding hydrogens is 440 g/mol. The van der Waals surface area contributed by atoms with Crippen molar-refractivity contribution in [2.24, 2.45) is 5.10 Å². The third kappa shape index (κ3) is 4.28. The molecule has 0 bridgehead atoms. The highest BCUT2D eigenvalue weighted by Crippen LogP contribution is 2.35. The topological polar surface area (TPSA) is 76.5 Å². The van der Waals surface area contributed by atoms with Gasteiger partial charge in [0.1, 0.15) is 0 Å². The molecule has 3 aromatic rings. The lowest BCUT2D eigenvalue weighted by molar-refractivity contribution is -0.129. The number of carboxylic acid groups (broad SMARTS) is 1. The van der Waals surface area contributed by atoms with Crippen molar-refractivity contribution >= 4 is 46.4 Å². The highest BCUT2D eigenvalue weighted by Gasteiger charge is 2.35. The molecule has 0 fully saturated rings. The lowest BCUT2D eigenvalue weighted by Crippen LogP contribution is -2.24. The fourth-order valence-electron chi connectivity index (χ4n) is 4.52. The summed E-state index contributed by atoms with van der Waals surface area (Å²) in [6.45, 7) is 0.926. The maximum Gasteiger partial charge on any atom is 0.357 e. The SMILES string of the molecule is CN(C)c1ccc(N2CCCc3cc(C=C4C(=O)N(c5ccccc5)N=C4C(=O)O)ccc32)cc1. The number of rotatable bonds is 5. The van der Waals surface area contributed by atoms with Crippen molar-refractivity contribution in [3.05, 3.63) is 89.5 Å². The van der Waals surface area contributed by atoms with Gasteiger partial charge in [-0.1, -0.05) is 24.3 Å². The second kappa shape index (κ2) is 9.10. The van der Waals surface area contributed by atoms with Gasteiger partial charge in [0.05, 0.1) is 11.3 Å². The molecule has 0 unspecified atom stereocenters. The molecular formula is C28H26N4O3. The van der Waals surface area contributed by atoms with E-state index in [1.807, 2.05) is 38.4 Å². The molecule has 1 amide bonds. The molecule has 176 valence electrons. The summed E-state index contributed by atoms with van der Waals surface area (Å²) in [6, 6.07) is 23.3. The molecule has 2 aliphatic heterocycles. The predicted molar refractivity (Wildman–Crippen MR) is 140 cm³/mol. The number of hydrogen-bond donors (Lipinski definition) is 1. The van der Waals surface area contributed by atoms with Gasteiger partial charge in [0.15, 0.2) is 5.71 Å². The number of fused-ring (bicyclic) bond motifs is 1. The van der Waals surface area contributed by atoms with Crippen molar-refractivity contribution in [1.82, 2.24) is 0 Å². The number of amides is 1. The minimum Gasteiger partial charge on any atom is -0.476 e. The van der Waals surface area contributed by atoms with Crippen molar-refractivity contribution in [3.8, 4) is 0 Å². The van der Waals surface area contributed by atoms with Crippen LogP contribution in [0.15, 0.2) is 83.5 Å². The normalized spacial score (nSPS) is 16.3. The smallest absolute Gasteiger partial charge is 0.357 e. The van der Waals surface area contributed by atoms with Gasteiger partial charge in [-0.2, -0.15) is 10.1 Å². The highest BCUT2D eigenvalue weighted by atomic mass is 16.4. The number of hydrazone groups is 1. The Kier molecular flexibility index (Phi) is 5.82. The van der Waals surface area contributed by atoms with E-state index in [1.165, 1.54) is 5.56 Å². The fraction of sp³-hybridized carbons (Fsp3) is 0.179. The first-order valence-corrected chi connectivity index (χ1v) is 11.5. The zero-order valence-corrected chi connectivity index (χ0v) is 19.7. The zero-order valence-electron chi connectivity index (χ0n) is 19.7. The molecule has 0 aliphatic carbocycles. The number of para-hydroxylation sites is 1. The standard InChI is InChI=1S/C28H26N4O3/c1-30(2)21-11-13-22(14-12-21)31-16-6-7-20-17-19(10-15-25(20)31)18-24-26(28(34)35)29-32(27(24)33)23-8-4-3-5-9-23/h3-5,8-15,17-18H,6-7,16H2,1-2H3,(H,34,35). The van der Waals surface area contributed by atoms with Crippen LogP contribution >= 0.6 is 0 Å². The summed E-state index contributed by atoms with van der Waals surface area (Å²) in [5.74, 6) is -1.68. The molecule has 0 saturated carbocycles. The molecule has 5 rings (SSSR count). The van der Waals surface area contributed by atoms with Crippen LogP contribution in [0.5, 0.6) is 0 Å². The van der Waals surface area contributed by atoms with Crippen molar-refractivity contribution in [2.45, 2.75) is 12.8 Å². The monoisotopic (exact) mass is 466 g/mol. The highest BCUT2D eigenvalue weighted by molar-refractivity contribution is 6.53. The van der Waals surface area contributed by atoms with E-state index in [0.717, 1.165) is 47.0 Å². The molecule has 3 aromatic carbocycles. The molecule has 2 heterocycles. The molecule has 0 spiro atoms. The number of aliphatic carboxylic acids is 1. The second-order valence-electron chi connectivity index (χ2n) is 8.82. The first-order valence-electron chi connectivity index (χ1n) is 11.5. The summed E-state index contributed by atoms with van der Waals surface area (Å²) in [4.78, 5) is 29.3. The van der Waals surface area contributed by atoms with Gasteiger partial charge in [-0.3, -0.25) is 4.79 Å². The Morgan fingerprint density at radius 2 is 1.74 bits per heavy atom. The number of benzene rings is 3. The maximum atomic E-state index is 13.1. The molecule has 0 aromatic heterocycles. The zero-order chi connectivity index (χ0) is 24.5. The summed E-state index contributed by atoms with van der Waals surface area (Å²) in [7, 11) is 4.05. The Hall–Kier alpha value is -4.39. The van der Waals surface area contributed by atoms with E-state index in [1.54, 1.807) is 30.3 Å². The van der Waals surface area contributed by atoms with Crippen LogP contribution in [0, 0.1) is 0 Å². The molecule has 1 N–H and O–H groups in total. The van der Waals surface area contributed by atoms with Crippen LogP contribution in [-0.4, -0.2) is 43.3 Å². The van der Waals surface area contributed by atoms with Crippen molar-refractivity contribution in [1.29, 1.82) is 0 Å². The summed E-state index contributed by atoms with van der Waals surface area (Å²) in [5.41, 5.74) is 5.71. The van der Waals surface area contributed by atoms with Gasteiger partial charge in [0.2, 0.25) is 0 Å². The van der Waals surface area contributed by atoms with Gasteiger partial charge in [0.25, 0.3) is 5.91 Å². The van der Waals surface area contributed by atoms with E-state index in [4.69, 9.17) is 0 Å². The minimum atomic E-state index is -1.23. The third-order valence-electron chi connectivity index (χ3n) is 6.29. The quantitative estimate of drug-likeness (QED) is 0.551. The van der Waals surface area contributed by atoms with Crippen LogP contribution < -0.4 is 14.8 Å². The number of anilines is 4. The van der Waals surface area contributed by atoms with E-state index >= 15 is 0 Å². The van der Waals surface area contributed by atoms with Gasteiger partial charge in [-0.05, 0) is 78.6 Å². The summed E-state index contributed by atoms with van der Waals surface area (Å²) in [6.07, 6.45) is 3.55. The Balaban J connectivity index is 1.47. The van der Waals surface area contributed by atoms with Crippen LogP contribution in [0.3, 0.4) is 0 Å². The van der Waals surface area contributed by atoms with Crippen molar-refractivity contribution in [3.63, 3.8) is 0 Å². The number of hydrogen-bond acceptors (Lipinski definition) is 5. The lowest BCUT2D eigenvalue weighted by Gasteiger charge is -2.32. The van der Waals surface area contributed by atoms with Crippen LogP contribution in [-0.2, 0) is 16.0 Å². The van der Waals surface area contributed by atoms with E-state index in [0.29, 0.717) is 5.69 Å². The summed E-state index contributed by atoms with van der Waals surface area (Å²) < 4.78 is 0. The molecule has 0 saturated heterocycles. The molecule has 0 radical (unpaired) electrons. The fourth-order valence-corrected chi connectivity index (χ4v) is 4.52.